The van der Waals surface area contributed by atoms with Crippen LogP contribution in [0.1, 0.15) is 49.8 Å². The van der Waals surface area contributed by atoms with E-state index in [0.717, 1.165) is 18.0 Å². The molecule has 0 bridgehead atoms. The van der Waals surface area contributed by atoms with Crippen molar-refractivity contribution < 1.29 is 9.47 Å². The summed E-state index contributed by atoms with van der Waals surface area (Å²) in [6.45, 7) is 6.90. The summed E-state index contributed by atoms with van der Waals surface area (Å²) < 4.78 is 11.4. The zero-order valence-electron chi connectivity index (χ0n) is 11.2. The fourth-order valence-corrected chi connectivity index (χ4v) is 2.97. The van der Waals surface area contributed by atoms with Gasteiger partial charge in [-0.2, -0.15) is 0 Å². The van der Waals surface area contributed by atoms with Gasteiger partial charge in [-0.25, -0.2) is 0 Å². The van der Waals surface area contributed by atoms with Gasteiger partial charge in [0.2, 0.25) is 0 Å². The summed E-state index contributed by atoms with van der Waals surface area (Å²) in [5.74, 6) is 2.44. The topological polar surface area (TPSA) is 30.5 Å². The Kier molecular flexibility index (Phi) is 3.16. The summed E-state index contributed by atoms with van der Waals surface area (Å²) in [6.07, 6.45) is 2.35. The average Bonchev–Trinajstić information content (AvgIpc) is 2.70. The molecule has 1 aliphatic heterocycles. The average molecular weight is 247 g/mol. The van der Waals surface area contributed by atoms with Gasteiger partial charge in [-0.15, -0.1) is 0 Å². The summed E-state index contributed by atoms with van der Waals surface area (Å²) in [5, 5.41) is 3.63. The summed E-state index contributed by atoms with van der Waals surface area (Å²) in [7, 11) is 0. The molecule has 18 heavy (non-hydrogen) atoms. The van der Waals surface area contributed by atoms with Crippen LogP contribution in [0.15, 0.2) is 12.1 Å². The van der Waals surface area contributed by atoms with E-state index in [1.807, 2.05) is 0 Å². The van der Waals surface area contributed by atoms with E-state index in [2.05, 4.69) is 31.3 Å². The van der Waals surface area contributed by atoms with E-state index in [1.165, 1.54) is 24.0 Å². The molecule has 98 valence electrons. The molecule has 2 aliphatic rings. The van der Waals surface area contributed by atoms with E-state index in [9.17, 15) is 0 Å². The fourth-order valence-electron chi connectivity index (χ4n) is 2.97. The third-order valence-electron chi connectivity index (χ3n) is 3.88. The van der Waals surface area contributed by atoms with E-state index < -0.39 is 0 Å². The van der Waals surface area contributed by atoms with E-state index in [0.29, 0.717) is 25.2 Å². The number of fused-ring (bicyclic) bond motifs is 2. The number of hydrogen-bond donors (Lipinski definition) is 1. The van der Waals surface area contributed by atoms with Crippen molar-refractivity contribution in [3.8, 4) is 11.5 Å². The van der Waals surface area contributed by atoms with Crippen molar-refractivity contribution in [2.24, 2.45) is 0 Å². The van der Waals surface area contributed by atoms with Crippen molar-refractivity contribution in [3.63, 3.8) is 0 Å². The Morgan fingerprint density at radius 2 is 1.83 bits per heavy atom. The normalized spacial score (nSPS) is 25.0. The van der Waals surface area contributed by atoms with Gasteiger partial charge in [0, 0.05) is 6.04 Å². The maximum Gasteiger partial charge on any atom is 0.161 e. The third kappa shape index (κ3) is 1.97. The van der Waals surface area contributed by atoms with Gasteiger partial charge in [-0.3, -0.25) is 0 Å². The van der Waals surface area contributed by atoms with E-state index in [1.54, 1.807) is 0 Å². The molecule has 1 aliphatic carbocycles. The first-order valence-electron chi connectivity index (χ1n) is 6.96. The van der Waals surface area contributed by atoms with Crippen molar-refractivity contribution in [3.05, 3.63) is 23.3 Å². The molecule has 3 rings (SSSR count). The molecule has 1 aromatic rings. The first-order valence-corrected chi connectivity index (χ1v) is 6.96. The highest BCUT2D eigenvalue weighted by Crippen LogP contribution is 2.45. The lowest BCUT2D eigenvalue weighted by atomic mass is 10.0. The largest absolute Gasteiger partial charge is 0.486 e. The summed E-state index contributed by atoms with van der Waals surface area (Å²) in [6, 6.07) is 4.84. The van der Waals surface area contributed by atoms with Crippen molar-refractivity contribution in [1.29, 1.82) is 0 Å². The van der Waals surface area contributed by atoms with Gasteiger partial charge in [-0.05, 0) is 48.6 Å². The number of benzene rings is 1. The number of nitrogens with one attached hydrogen (secondary N) is 1. The minimum Gasteiger partial charge on any atom is -0.486 e. The quantitative estimate of drug-likeness (QED) is 0.890. The lowest BCUT2D eigenvalue weighted by Crippen LogP contribution is -2.20. The molecule has 3 heteroatoms. The van der Waals surface area contributed by atoms with Crippen LogP contribution in [0.25, 0.3) is 0 Å². The zero-order chi connectivity index (χ0) is 12.5. The van der Waals surface area contributed by atoms with Crippen LogP contribution in [-0.2, 0) is 0 Å². The Labute approximate surface area is 108 Å². The molecule has 1 N–H and O–H groups in total. The molecule has 1 aromatic carbocycles. The Balaban J connectivity index is 1.93. The zero-order valence-corrected chi connectivity index (χ0v) is 11.2. The molecular weight excluding hydrogens is 226 g/mol. The van der Waals surface area contributed by atoms with Crippen molar-refractivity contribution in [2.45, 2.75) is 38.6 Å². The van der Waals surface area contributed by atoms with Gasteiger partial charge in [0.25, 0.3) is 0 Å². The molecule has 0 saturated carbocycles. The van der Waals surface area contributed by atoms with Gasteiger partial charge in [0.1, 0.15) is 13.2 Å². The van der Waals surface area contributed by atoms with Crippen LogP contribution >= 0.6 is 0 Å². The number of hydrogen-bond acceptors (Lipinski definition) is 3. The number of ether oxygens (including phenoxy) is 2. The summed E-state index contributed by atoms with van der Waals surface area (Å²) >= 11 is 0. The molecule has 2 unspecified atom stereocenters. The summed E-state index contributed by atoms with van der Waals surface area (Å²) in [5.41, 5.74) is 2.83. The Bertz CT molecular complexity index is 444. The van der Waals surface area contributed by atoms with Crippen LogP contribution in [0.3, 0.4) is 0 Å². The molecule has 0 amide bonds. The molecule has 0 radical (unpaired) electrons. The van der Waals surface area contributed by atoms with Crippen molar-refractivity contribution in [1.82, 2.24) is 5.32 Å². The van der Waals surface area contributed by atoms with Crippen molar-refractivity contribution in [2.75, 3.05) is 19.8 Å². The molecule has 0 saturated heterocycles. The monoisotopic (exact) mass is 247 g/mol. The van der Waals surface area contributed by atoms with E-state index in [4.69, 9.17) is 9.47 Å². The van der Waals surface area contributed by atoms with Gasteiger partial charge >= 0.3 is 0 Å². The highest BCUT2D eigenvalue weighted by atomic mass is 16.6. The maximum absolute atomic E-state index is 5.68. The first kappa shape index (κ1) is 11.8. The van der Waals surface area contributed by atoms with Gasteiger partial charge in [-0.1, -0.05) is 13.8 Å². The minimum atomic E-state index is 0.478. The molecular formula is C15H21NO2. The van der Waals surface area contributed by atoms with E-state index >= 15 is 0 Å². The second-order valence-electron chi connectivity index (χ2n) is 5.27. The Morgan fingerprint density at radius 3 is 2.50 bits per heavy atom. The van der Waals surface area contributed by atoms with Gasteiger partial charge < -0.3 is 14.8 Å². The predicted molar refractivity (Wildman–Crippen MR) is 71.5 cm³/mol. The maximum atomic E-state index is 5.68. The molecule has 3 nitrogen and oxygen atoms in total. The molecule has 1 heterocycles. The second kappa shape index (κ2) is 4.81. The lowest BCUT2D eigenvalue weighted by Gasteiger charge is -2.21. The second-order valence-corrected chi connectivity index (χ2v) is 5.27. The van der Waals surface area contributed by atoms with Crippen LogP contribution in [-0.4, -0.2) is 19.8 Å². The fraction of sp³-hybridized carbons (Fsp3) is 0.600. The van der Waals surface area contributed by atoms with Crippen LogP contribution in [0.4, 0.5) is 0 Å². The minimum absolute atomic E-state index is 0.478. The lowest BCUT2D eigenvalue weighted by molar-refractivity contribution is 0.171. The van der Waals surface area contributed by atoms with E-state index in [-0.39, 0.29) is 0 Å². The molecule has 0 aromatic heterocycles. The predicted octanol–water partition coefficient (Wildman–Crippen LogP) is 3.01. The van der Waals surface area contributed by atoms with Gasteiger partial charge in [0.15, 0.2) is 11.5 Å². The standard InChI is InChI=1S/C15H21NO2/c1-3-4-16-13-7-10(2)11-8-14-15(9-12(11)13)18-6-5-17-14/h8-10,13,16H,3-7H2,1-2H3. The Morgan fingerprint density at radius 1 is 1.17 bits per heavy atom. The van der Waals surface area contributed by atoms with Crippen LogP contribution < -0.4 is 14.8 Å². The first-order chi connectivity index (χ1) is 8.79. The smallest absolute Gasteiger partial charge is 0.161 e. The Hall–Kier alpha value is -1.22. The SMILES string of the molecule is CCCNC1CC(C)c2cc3c(cc21)OCCO3. The van der Waals surface area contributed by atoms with Gasteiger partial charge in [0.05, 0.1) is 0 Å². The highest BCUT2D eigenvalue weighted by Gasteiger charge is 2.30. The number of rotatable bonds is 3. The molecule has 0 spiro atoms. The van der Waals surface area contributed by atoms with Crippen LogP contribution in [0.2, 0.25) is 0 Å². The highest BCUT2D eigenvalue weighted by molar-refractivity contribution is 5.52. The summed E-state index contributed by atoms with van der Waals surface area (Å²) in [4.78, 5) is 0. The van der Waals surface area contributed by atoms with Crippen molar-refractivity contribution >= 4 is 0 Å². The van der Waals surface area contributed by atoms with Crippen LogP contribution in [0.5, 0.6) is 11.5 Å². The van der Waals surface area contributed by atoms with Crippen LogP contribution in [0, 0.1) is 0 Å². The molecule has 2 atom stereocenters. The third-order valence-corrected chi connectivity index (χ3v) is 3.88. The molecule has 0 fully saturated rings.